The minimum absolute atomic E-state index is 0.0912. The molecular formula is C21H22N2O7S. The van der Waals surface area contributed by atoms with E-state index in [4.69, 9.17) is 4.74 Å². The lowest BCUT2D eigenvalue weighted by Gasteiger charge is -2.04. The number of rotatable bonds is 6. The Morgan fingerprint density at radius 2 is 1.81 bits per heavy atom. The molecule has 10 heteroatoms. The molecule has 2 aromatic carbocycles. The molecule has 0 spiro atoms. The zero-order valence-electron chi connectivity index (χ0n) is 17.2. The zero-order chi connectivity index (χ0) is 23.0. The summed E-state index contributed by atoms with van der Waals surface area (Å²) < 4.78 is 38.6. The number of ether oxygens (including phenoxy) is 1. The maximum atomic E-state index is 10.9. The number of fused-ring (bicyclic) bond motifs is 1. The normalized spacial score (nSPS) is 11.2. The highest BCUT2D eigenvalue weighted by atomic mass is 32.3. The molecule has 3 rings (SSSR count). The van der Waals surface area contributed by atoms with Gasteiger partial charge in [-0.3, -0.25) is 14.3 Å². The van der Waals surface area contributed by atoms with Crippen molar-refractivity contribution in [3.05, 3.63) is 76.0 Å². The number of nitro groups is 1. The molecule has 3 aromatic rings. The van der Waals surface area contributed by atoms with Crippen molar-refractivity contribution in [2.75, 3.05) is 13.7 Å². The van der Waals surface area contributed by atoms with E-state index in [0.717, 1.165) is 35.0 Å². The molecule has 0 atom stereocenters. The second-order valence-electron chi connectivity index (χ2n) is 6.23. The highest BCUT2D eigenvalue weighted by Crippen LogP contribution is 2.20. The topological polar surface area (TPSA) is 123 Å². The molecule has 0 saturated heterocycles. The Balaban J connectivity index is 0.000000501. The highest BCUT2D eigenvalue weighted by molar-refractivity contribution is 7.80. The molecule has 164 valence electrons. The second kappa shape index (κ2) is 10.6. The molecule has 0 unspecified atom stereocenters. The van der Waals surface area contributed by atoms with Crippen LogP contribution in [0.5, 0.6) is 5.75 Å². The molecule has 0 fully saturated rings. The van der Waals surface area contributed by atoms with Crippen molar-refractivity contribution in [2.24, 2.45) is 7.05 Å². The predicted molar refractivity (Wildman–Crippen MR) is 115 cm³/mol. The van der Waals surface area contributed by atoms with Gasteiger partial charge in [0.1, 0.15) is 12.8 Å². The predicted octanol–water partition coefficient (Wildman–Crippen LogP) is 3.23. The third-order valence-electron chi connectivity index (χ3n) is 4.22. The van der Waals surface area contributed by atoms with E-state index in [1.54, 1.807) is 12.1 Å². The van der Waals surface area contributed by atoms with Crippen LogP contribution in [0.1, 0.15) is 18.2 Å². The average molecular weight is 446 g/mol. The van der Waals surface area contributed by atoms with Crippen LogP contribution in [0.15, 0.2) is 54.6 Å². The van der Waals surface area contributed by atoms with Crippen LogP contribution in [-0.2, 0) is 21.6 Å². The summed E-state index contributed by atoms with van der Waals surface area (Å²) in [5.74, 6) is 0.856. The summed E-state index contributed by atoms with van der Waals surface area (Å²) in [5, 5.41) is 12.0. The Labute approximate surface area is 180 Å². The van der Waals surface area contributed by atoms with Gasteiger partial charge in [0.2, 0.25) is 21.6 Å². The highest BCUT2D eigenvalue weighted by Gasteiger charge is 2.10. The van der Waals surface area contributed by atoms with E-state index in [2.05, 4.69) is 8.75 Å². The maximum absolute atomic E-state index is 10.9. The fourth-order valence-corrected chi connectivity index (χ4v) is 2.75. The van der Waals surface area contributed by atoms with Crippen molar-refractivity contribution in [1.29, 1.82) is 0 Å². The van der Waals surface area contributed by atoms with Gasteiger partial charge >= 0.3 is 0 Å². The van der Waals surface area contributed by atoms with Gasteiger partial charge in [0.05, 0.1) is 24.0 Å². The smallest absolute Gasteiger partial charge is 0.270 e. The fourth-order valence-electron chi connectivity index (χ4n) is 2.75. The number of pyridine rings is 1. The van der Waals surface area contributed by atoms with Gasteiger partial charge in [0, 0.05) is 30.3 Å². The van der Waals surface area contributed by atoms with Gasteiger partial charge in [-0.1, -0.05) is 12.1 Å². The number of hydrogen-bond acceptors (Lipinski definition) is 7. The number of aryl methyl sites for hydroxylation is 1. The number of non-ortho nitro benzene ring substituents is 1. The Hall–Kier alpha value is -3.34. The average Bonchev–Trinajstić information content (AvgIpc) is 2.73. The minimum Gasteiger partial charge on any atom is -0.726 e. The molecule has 0 saturated carbocycles. The van der Waals surface area contributed by atoms with Crippen LogP contribution in [-0.4, -0.2) is 31.6 Å². The number of nitro benzene ring substituents is 1. The lowest BCUT2D eigenvalue weighted by molar-refractivity contribution is -0.646. The molecule has 0 bridgehead atoms. The molecule has 0 amide bonds. The number of nitrogens with zero attached hydrogens (tertiary/aromatic N) is 2. The van der Waals surface area contributed by atoms with Crippen LogP contribution in [0.2, 0.25) is 0 Å². The van der Waals surface area contributed by atoms with E-state index < -0.39 is 10.4 Å². The Morgan fingerprint density at radius 1 is 1.10 bits per heavy atom. The summed E-state index contributed by atoms with van der Waals surface area (Å²) in [6, 6.07) is 16.7. The van der Waals surface area contributed by atoms with Crippen molar-refractivity contribution >= 4 is 39.1 Å². The Kier molecular flexibility index (Phi) is 8.20. The van der Waals surface area contributed by atoms with Gasteiger partial charge in [-0.05, 0) is 36.8 Å². The van der Waals surface area contributed by atoms with E-state index in [-0.39, 0.29) is 10.6 Å². The van der Waals surface area contributed by atoms with Crippen LogP contribution >= 0.6 is 0 Å². The maximum Gasteiger partial charge on any atom is 0.270 e. The number of benzene rings is 2. The van der Waals surface area contributed by atoms with Crippen molar-refractivity contribution in [2.45, 2.75) is 6.92 Å². The number of hydrogen-bond donors (Lipinski definition) is 0. The summed E-state index contributed by atoms with van der Waals surface area (Å²) >= 11 is 0. The number of aromatic nitrogens is 1. The SMILES string of the molecule is CCOc1ccc2c(ccc(C=Cc3cccc([N+](=O)[O-])c3)[n+]2C)c1.COS(=O)(=O)[O-]. The van der Waals surface area contributed by atoms with Crippen molar-refractivity contribution in [1.82, 2.24) is 0 Å². The molecule has 0 radical (unpaired) electrons. The van der Waals surface area contributed by atoms with E-state index in [0.29, 0.717) is 6.61 Å². The first-order valence-electron chi connectivity index (χ1n) is 9.14. The van der Waals surface area contributed by atoms with Crippen molar-refractivity contribution in [3.8, 4) is 5.75 Å². The molecule has 0 aliphatic heterocycles. The summed E-state index contributed by atoms with van der Waals surface area (Å²) in [5.41, 5.74) is 2.97. The van der Waals surface area contributed by atoms with Crippen LogP contribution in [0.25, 0.3) is 23.1 Å². The minimum atomic E-state index is -4.41. The van der Waals surface area contributed by atoms with Gasteiger partial charge in [-0.25, -0.2) is 8.42 Å². The molecule has 1 aromatic heterocycles. The van der Waals surface area contributed by atoms with Crippen molar-refractivity contribution in [3.63, 3.8) is 0 Å². The molecule has 0 aliphatic carbocycles. The Morgan fingerprint density at radius 3 is 2.42 bits per heavy atom. The molecule has 1 heterocycles. The summed E-state index contributed by atoms with van der Waals surface area (Å²) in [6.07, 6.45) is 3.83. The lowest BCUT2D eigenvalue weighted by atomic mass is 10.1. The van der Waals surface area contributed by atoms with E-state index in [1.807, 2.05) is 62.5 Å². The third-order valence-corrected chi connectivity index (χ3v) is 4.63. The van der Waals surface area contributed by atoms with Gasteiger partial charge in [-0.2, -0.15) is 4.57 Å². The van der Waals surface area contributed by atoms with E-state index in [1.165, 1.54) is 6.07 Å². The second-order valence-corrected chi connectivity index (χ2v) is 7.38. The summed E-state index contributed by atoms with van der Waals surface area (Å²) in [6.45, 7) is 2.60. The molecule has 31 heavy (non-hydrogen) atoms. The van der Waals surface area contributed by atoms with Crippen LogP contribution in [0.3, 0.4) is 0 Å². The first-order chi connectivity index (χ1) is 14.6. The first kappa shape index (κ1) is 23.9. The molecule has 0 aliphatic rings. The van der Waals surface area contributed by atoms with Crippen LogP contribution in [0.4, 0.5) is 5.69 Å². The van der Waals surface area contributed by atoms with Gasteiger partial charge in [0.25, 0.3) is 5.69 Å². The quantitative estimate of drug-likeness (QED) is 0.187. The monoisotopic (exact) mass is 446 g/mol. The third kappa shape index (κ3) is 7.14. The molecular weight excluding hydrogens is 424 g/mol. The summed E-state index contributed by atoms with van der Waals surface area (Å²) in [4.78, 5) is 10.5. The Bertz CT molecular complexity index is 1210. The molecule has 0 N–H and O–H groups in total. The van der Waals surface area contributed by atoms with Gasteiger partial charge in [0.15, 0.2) is 0 Å². The van der Waals surface area contributed by atoms with E-state index in [9.17, 15) is 23.1 Å². The van der Waals surface area contributed by atoms with Gasteiger partial charge < -0.3 is 9.29 Å². The van der Waals surface area contributed by atoms with E-state index >= 15 is 0 Å². The van der Waals surface area contributed by atoms with Crippen LogP contribution < -0.4 is 9.30 Å². The standard InChI is InChI=1S/C20H19N2O3.CH4O4S/c1-3-25-19-11-12-20-16(14-19)8-10-17(21(20)2)9-7-15-5-4-6-18(13-15)22(23)24;1-5-6(2,3)4/h4-14H,3H2,1-2H3;1H3,(H,2,3,4)/q+1;/p-1. The van der Waals surface area contributed by atoms with Gasteiger partial charge in [-0.15, -0.1) is 0 Å². The lowest BCUT2D eigenvalue weighted by Crippen LogP contribution is -2.32. The van der Waals surface area contributed by atoms with Crippen LogP contribution in [0, 0.1) is 10.1 Å². The zero-order valence-corrected chi connectivity index (χ0v) is 18.0. The largest absolute Gasteiger partial charge is 0.726 e. The molecule has 9 nitrogen and oxygen atoms in total. The fraction of sp³-hybridized carbons (Fsp3) is 0.190. The first-order valence-corrected chi connectivity index (χ1v) is 10.5. The summed E-state index contributed by atoms with van der Waals surface area (Å²) in [7, 11) is -1.61. The van der Waals surface area contributed by atoms with Crippen molar-refractivity contribution < 1.29 is 31.4 Å².